The highest BCUT2D eigenvalue weighted by Crippen LogP contribution is 2.30. The van der Waals surface area contributed by atoms with E-state index in [0.29, 0.717) is 22.8 Å². The maximum Gasteiger partial charge on any atom is 0.332 e. The third-order valence-electron chi connectivity index (χ3n) is 14.9. The van der Waals surface area contributed by atoms with E-state index in [1.165, 1.54) is 42.7 Å². The van der Waals surface area contributed by atoms with Crippen LogP contribution in [0.5, 0.6) is 0 Å². The highest BCUT2D eigenvalue weighted by Gasteiger charge is 2.51. The lowest BCUT2D eigenvalue weighted by molar-refractivity contribution is -0.159. The van der Waals surface area contributed by atoms with Gasteiger partial charge in [0, 0.05) is 120 Å². The number of nitrogens with one attached hydrogen (secondary N) is 4. The van der Waals surface area contributed by atoms with Gasteiger partial charge in [-0.3, -0.25) is 59.4 Å². The van der Waals surface area contributed by atoms with E-state index in [2.05, 4.69) is 21.3 Å². The van der Waals surface area contributed by atoms with E-state index >= 15 is 0 Å². The van der Waals surface area contributed by atoms with Crippen LogP contribution in [0.25, 0.3) is 0 Å². The minimum atomic E-state index is -1.66. The topological polar surface area (TPSA) is 263 Å². The fourth-order valence-corrected chi connectivity index (χ4v) is 10.2. The summed E-state index contributed by atoms with van der Waals surface area (Å²) in [7, 11) is 11.0. The Balaban J connectivity index is 1.93. The monoisotopic (exact) mass is 1020 g/mol. The van der Waals surface area contributed by atoms with E-state index in [9.17, 15) is 28.8 Å². The first-order valence-corrected chi connectivity index (χ1v) is 24.0. The van der Waals surface area contributed by atoms with E-state index in [4.69, 9.17) is 47.9 Å². The van der Waals surface area contributed by atoms with Crippen LogP contribution in [0.4, 0.5) is 0 Å². The minimum absolute atomic E-state index is 0.0152. The number of hydrogen-bond donors (Lipinski definition) is 4. The molecule has 0 aliphatic carbocycles. The lowest BCUT2D eigenvalue weighted by atomic mass is 9.92. The number of carbonyl (C=O) groups excluding carboxylic acids is 6. The van der Waals surface area contributed by atoms with Gasteiger partial charge in [0.15, 0.2) is 11.2 Å². The number of amides is 2. The van der Waals surface area contributed by atoms with Gasteiger partial charge >= 0.3 is 23.9 Å². The van der Waals surface area contributed by atoms with E-state index in [-0.39, 0.29) is 91.6 Å². The lowest BCUT2D eigenvalue weighted by Crippen LogP contribution is -2.68. The Morgan fingerprint density at radius 3 is 0.931 bits per heavy atom. The first-order chi connectivity index (χ1) is 33.5. The summed E-state index contributed by atoms with van der Waals surface area (Å²) in [6.45, 7) is 13.6. The van der Waals surface area contributed by atoms with Crippen LogP contribution < -0.4 is 21.3 Å². The zero-order valence-corrected chi connectivity index (χ0v) is 45.3. The zero-order valence-electron chi connectivity index (χ0n) is 45.3. The summed E-state index contributed by atoms with van der Waals surface area (Å²) in [5.41, 5.74) is -9.60. The molecule has 24 heteroatoms. The third-order valence-corrected chi connectivity index (χ3v) is 14.9. The van der Waals surface area contributed by atoms with Gasteiger partial charge in [0.1, 0.15) is 22.2 Å². The molecule has 0 aromatic carbocycles. The molecule has 5 heterocycles. The van der Waals surface area contributed by atoms with Crippen molar-refractivity contribution in [2.45, 2.75) is 126 Å². The number of aromatic nitrogens is 2. The van der Waals surface area contributed by atoms with Gasteiger partial charge in [0.2, 0.25) is 0 Å². The van der Waals surface area contributed by atoms with Crippen molar-refractivity contribution in [2.24, 2.45) is 0 Å². The molecule has 24 nitrogen and oxygen atoms in total. The van der Waals surface area contributed by atoms with E-state index in [1.54, 1.807) is 55.8 Å². The molecular weight excluding hydrogens is 941 g/mol. The van der Waals surface area contributed by atoms with Gasteiger partial charge in [-0.05, 0) is 55.4 Å². The average molecular weight is 1020 g/mol. The fraction of sp³-hybridized carbons (Fsp3) is 0.792. The maximum absolute atomic E-state index is 14.6. The Bertz CT molecular complexity index is 2060. The number of nitrogens with zero attached hydrogens (tertiary/aromatic N) is 6. The number of hydrogen-bond acceptors (Lipinski definition) is 22. The second-order valence-electron chi connectivity index (χ2n) is 21.7. The van der Waals surface area contributed by atoms with Crippen LogP contribution in [0.1, 0.15) is 78.2 Å². The Morgan fingerprint density at radius 1 is 0.403 bits per heavy atom. The molecule has 0 radical (unpaired) electrons. The molecule has 0 saturated heterocycles. The molecule has 406 valence electrons. The number of esters is 4. The molecule has 72 heavy (non-hydrogen) atoms. The smallest absolute Gasteiger partial charge is 0.332 e. The second kappa shape index (κ2) is 22.1. The van der Waals surface area contributed by atoms with Crippen molar-refractivity contribution in [1.29, 1.82) is 0 Å². The van der Waals surface area contributed by atoms with Crippen molar-refractivity contribution in [1.82, 2.24) is 50.8 Å². The normalized spacial score (nSPS) is 38.3. The summed E-state index contributed by atoms with van der Waals surface area (Å²) in [6, 6.07) is 0. The van der Waals surface area contributed by atoms with Crippen molar-refractivity contribution >= 4 is 35.7 Å². The summed E-state index contributed by atoms with van der Waals surface area (Å²) >= 11 is 0. The van der Waals surface area contributed by atoms with Crippen molar-refractivity contribution in [3.8, 4) is 0 Å². The largest absolute Gasteiger partial charge is 0.468 e. The van der Waals surface area contributed by atoms with Crippen LogP contribution in [0.2, 0.25) is 0 Å². The summed E-state index contributed by atoms with van der Waals surface area (Å²) in [5, 5.41) is 12.8. The molecule has 2 amide bonds. The standard InChI is InChI=1S/C48H80N10O14/c1-41(69-13)21-49-43(3,37(61)65-9)25-57-19-33-31(17-55(23-41)27-45(5,39(63)67-11)53-35(59)47(7,29-57)71-15)51-34-20-58-26-44(4,38(62)66-10)50-22-42(2,70-14)24-56(18-32(34)52-33)28-46(6,40(64)68-12)54-36(60)48(8,30-58)72-16/h49-50H,17-30H2,1-16H3,(H,53,59)(H,54,60)/t41-,42-,43+,44+,45+,46+,47+,48+/m1/s1. The molecule has 1 aromatic heterocycles. The Hall–Kier alpha value is -4.50. The van der Waals surface area contributed by atoms with Gasteiger partial charge in [0.25, 0.3) is 11.8 Å². The molecule has 4 aliphatic rings. The van der Waals surface area contributed by atoms with E-state index in [1.807, 2.05) is 33.4 Å². The Kier molecular flexibility index (Phi) is 18.0. The third kappa shape index (κ3) is 12.5. The van der Waals surface area contributed by atoms with Crippen LogP contribution in [0, 0.1) is 0 Å². The number of carbonyl (C=O) groups is 6. The molecule has 12 atom stereocenters. The molecular formula is C48H80N10O14. The van der Waals surface area contributed by atoms with Crippen LogP contribution in [0.15, 0.2) is 0 Å². The first-order valence-electron chi connectivity index (χ1n) is 24.0. The summed E-state index contributed by atoms with van der Waals surface area (Å²) < 4.78 is 46.0. The Labute approximate surface area is 423 Å². The van der Waals surface area contributed by atoms with Gasteiger partial charge in [-0.15, -0.1) is 0 Å². The Morgan fingerprint density at radius 2 is 0.667 bits per heavy atom. The van der Waals surface area contributed by atoms with E-state index < -0.39 is 80.3 Å². The SMILES string of the molecule is COC(=O)[C@]1(C)CN2Cc3nc4c(nc3CN(C[C@](C)(OC)CN1)C[C@@](C)(C(=O)OC)NC(=O)[C@@](C)(OC)C2)CN1C[C@@](C)(C(=O)OC)NC[C@@](C)(OC)CN(C4)C[C@@](C)(C(=O)OC)NC(=O)[C@@](C)(OC)C1. The molecule has 4 N–H and O–H groups in total. The summed E-state index contributed by atoms with van der Waals surface area (Å²) in [5.74, 6) is -3.80. The van der Waals surface area contributed by atoms with Crippen LogP contribution in [-0.2, 0) is 92.8 Å². The number of fused-ring (bicyclic) bond motifs is 4. The zero-order chi connectivity index (χ0) is 53.9. The van der Waals surface area contributed by atoms with Gasteiger partial charge in [-0.25, -0.2) is 9.59 Å². The fourth-order valence-electron chi connectivity index (χ4n) is 10.2. The van der Waals surface area contributed by atoms with Crippen LogP contribution >= 0.6 is 0 Å². The average Bonchev–Trinajstić information content (AvgIpc) is 3.33. The number of ether oxygens (including phenoxy) is 8. The minimum Gasteiger partial charge on any atom is -0.468 e. The highest BCUT2D eigenvalue weighted by atomic mass is 16.5. The van der Waals surface area contributed by atoms with Gasteiger partial charge in [0.05, 0.1) is 62.4 Å². The molecule has 0 fully saturated rings. The quantitative estimate of drug-likeness (QED) is 0.171. The van der Waals surface area contributed by atoms with Crippen molar-refractivity contribution < 1.29 is 66.7 Å². The predicted molar refractivity (Wildman–Crippen MR) is 259 cm³/mol. The van der Waals surface area contributed by atoms with E-state index in [0.717, 1.165) is 0 Å². The number of methoxy groups -OCH3 is 8. The van der Waals surface area contributed by atoms with Crippen molar-refractivity contribution in [2.75, 3.05) is 122 Å². The maximum atomic E-state index is 14.6. The van der Waals surface area contributed by atoms with Gasteiger partial charge < -0.3 is 48.5 Å². The van der Waals surface area contributed by atoms with Gasteiger partial charge in [-0.2, -0.15) is 0 Å². The van der Waals surface area contributed by atoms with Crippen molar-refractivity contribution in [3.63, 3.8) is 0 Å². The molecule has 4 bridgehead atoms. The summed E-state index contributed by atoms with van der Waals surface area (Å²) in [6.07, 6.45) is 0. The molecule has 1 aromatic rings. The molecule has 0 spiro atoms. The highest BCUT2D eigenvalue weighted by molar-refractivity contribution is 5.93. The first kappa shape index (κ1) is 58.4. The molecule has 5 rings (SSSR count). The van der Waals surface area contributed by atoms with Crippen LogP contribution in [-0.4, -0.2) is 232 Å². The number of rotatable bonds is 8. The van der Waals surface area contributed by atoms with Gasteiger partial charge in [-0.1, -0.05) is 0 Å². The molecule has 4 aliphatic heterocycles. The summed E-state index contributed by atoms with van der Waals surface area (Å²) in [4.78, 5) is 104. The second-order valence-corrected chi connectivity index (χ2v) is 21.7. The lowest BCUT2D eigenvalue weighted by Gasteiger charge is -2.45. The van der Waals surface area contributed by atoms with Crippen LogP contribution in [0.3, 0.4) is 0 Å². The predicted octanol–water partition coefficient (Wildman–Crippen LogP) is -1.50. The van der Waals surface area contributed by atoms with Crippen molar-refractivity contribution in [3.05, 3.63) is 22.8 Å². The molecule has 0 saturated carbocycles. The molecule has 4 unspecified atom stereocenters.